The van der Waals surface area contributed by atoms with Crippen molar-refractivity contribution >= 4 is 17.3 Å². The van der Waals surface area contributed by atoms with Gasteiger partial charge in [-0.3, -0.25) is 0 Å². The number of aromatic nitrogens is 1. The Morgan fingerprint density at radius 1 is 1.33 bits per heavy atom. The van der Waals surface area contributed by atoms with Gasteiger partial charge in [-0.1, -0.05) is 17.7 Å². The number of hydrogen-bond acceptors (Lipinski definition) is 4. The first kappa shape index (κ1) is 13.7. The third-order valence-corrected chi connectivity index (χ3v) is 3.70. The third kappa shape index (κ3) is 3.09. The van der Waals surface area contributed by atoms with Crippen LogP contribution in [0.2, 0.25) is 5.02 Å². The lowest BCUT2D eigenvalue weighted by atomic mass is 10.0. The first-order valence-corrected chi connectivity index (χ1v) is 7.19. The summed E-state index contributed by atoms with van der Waals surface area (Å²) in [5, 5.41) is 12.9. The van der Waals surface area contributed by atoms with Gasteiger partial charge < -0.3 is 10.1 Å². The van der Waals surface area contributed by atoms with Crippen LogP contribution in [0.3, 0.4) is 0 Å². The number of pyridine rings is 1. The van der Waals surface area contributed by atoms with Gasteiger partial charge in [0, 0.05) is 10.6 Å². The van der Waals surface area contributed by atoms with Crippen LogP contribution in [-0.4, -0.2) is 11.6 Å². The van der Waals surface area contributed by atoms with Gasteiger partial charge in [0.1, 0.15) is 17.5 Å². The van der Waals surface area contributed by atoms with Gasteiger partial charge in [-0.05, 0) is 37.1 Å². The van der Waals surface area contributed by atoms with Crippen molar-refractivity contribution in [1.29, 1.82) is 5.26 Å². The molecule has 2 aromatic rings. The Kier molecular flexibility index (Phi) is 3.94. The van der Waals surface area contributed by atoms with Crippen LogP contribution in [0.25, 0.3) is 0 Å². The molecular formula is C16H14ClN3O. The number of nitriles is 1. The van der Waals surface area contributed by atoms with Gasteiger partial charge in [0.2, 0.25) is 0 Å². The monoisotopic (exact) mass is 299 g/mol. The number of ether oxygens (including phenoxy) is 1. The van der Waals surface area contributed by atoms with E-state index in [1.54, 1.807) is 12.3 Å². The standard InChI is InChI=1S/C16H14ClN3O/c17-11-3-6-14-15(2-1-7-21-16(14)8-11)20-13-5-4-12(9-18)19-10-13/h3-6,8,10,15,20H,1-2,7H2. The molecule has 3 rings (SSSR count). The topological polar surface area (TPSA) is 57.9 Å². The average Bonchev–Trinajstić information content (AvgIpc) is 2.70. The molecule has 1 N–H and O–H groups in total. The molecule has 1 aliphatic heterocycles. The van der Waals surface area contributed by atoms with Crippen molar-refractivity contribution < 1.29 is 4.74 Å². The second-order valence-corrected chi connectivity index (χ2v) is 5.35. The SMILES string of the molecule is N#Cc1ccc(NC2CCCOc3cc(Cl)ccc32)cn1. The number of benzene rings is 1. The van der Waals surface area contributed by atoms with Crippen molar-refractivity contribution in [3.05, 3.63) is 52.8 Å². The molecule has 4 nitrogen and oxygen atoms in total. The zero-order chi connectivity index (χ0) is 14.7. The molecule has 5 heteroatoms. The summed E-state index contributed by atoms with van der Waals surface area (Å²) < 4.78 is 5.75. The minimum absolute atomic E-state index is 0.148. The summed E-state index contributed by atoms with van der Waals surface area (Å²) in [6.45, 7) is 0.692. The van der Waals surface area contributed by atoms with Crippen LogP contribution in [0.1, 0.15) is 30.1 Å². The molecule has 0 saturated heterocycles. The minimum atomic E-state index is 0.148. The first-order valence-electron chi connectivity index (χ1n) is 6.81. The van der Waals surface area contributed by atoms with E-state index in [2.05, 4.69) is 10.3 Å². The third-order valence-electron chi connectivity index (χ3n) is 3.46. The predicted molar refractivity (Wildman–Crippen MR) is 81.5 cm³/mol. The highest BCUT2D eigenvalue weighted by molar-refractivity contribution is 6.30. The van der Waals surface area contributed by atoms with Crippen LogP contribution in [0.5, 0.6) is 5.75 Å². The molecular weight excluding hydrogens is 286 g/mol. The van der Waals surface area contributed by atoms with Crippen molar-refractivity contribution in [1.82, 2.24) is 4.98 Å². The molecule has 106 valence electrons. The lowest BCUT2D eigenvalue weighted by Crippen LogP contribution is -2.10. The lowest BCUT2D eigenvalue weighted by Gasteiger charge is -2.19. The Bertz CT molecular complexity index is 679. The van der Waals surface area contributed by atoms with Gasteiger partial charge >= 0.3 is 0 Å². The van der Waals surface area contributed by atoms with E-state index in [4.69, 9.17) is 21.6 Å². The van der Waals surface area contributed by atoms with Crippen molar-refractivity contribution in [3.63, 3.8) is 0 Å². The molecule has 0 fully saturated rings. The maximum Gasteiger partial charge on any atom is 0.140 e. The van der Waals surface area contributed by atoms with E-state index in [0.29, 0.717) is 17.3 Å². The second-order valence-electron chi connectivity index (χ2n) is 4.91. The van der Waals surface area contributed by atoms with Gasteiger partial charge in [-0.25, -0.2) is 4.98 Å². The van der Waals surface area contributed by atoms with Crippen LogP contribution < -0.4 is 10.1 Å². The minimum Gasteiger partial charge on any atom is -0.493 e. The second kappa shape index (κ2) is 6.02. The zero-order valence-corrected chi connectivity index (χ0v) is 12.1. The van der Waals surface area contributed by atoms with Crippen LogP contribution in [0.4, 0.5) is 5.69 Å². The molecule has 0 aliphatic carbocycles. The van der Waals surface area contributed by atoms with E-state index in [0.717, 1.165) is 29.8 Å². The molecule has 0 amide bonds. The van der Waals surface area contributed by atoms with Crippen molar-refractivity contribution in [3.8, 4) is 11.8 Å². The summed E-state index contributed by atoms with van der Waals surface area (Å²) in [5.74, 6) is 0.833. The van der Waals surface area contributed by atoms with Crippen molar-refractivity contribution in [2.75, 3.05) is 11.9 Å². The normalized spacial score (nSPS) is 17.0. The fourth-order valence-corrected chi connectivity index (χ4v) is 2.60. The molecule has 0 radical (unpaired) electrons. The quantitative estimate of drug-likeness (QED) is 0.912. The van der Waals surface area contributed by atoms with Crippen LogP contribution in [0, 0.1) is 11.3 Å². The number of rotatable bonds is 2. The summed E-state index contributed by atoms with van der Waals surface area (Å²) in [6, 6.07) is 11.5. The molecule has 1 aromatic heterocycles. The Hall–Kier alpha value is -2.25. The van der Waals surface area contributed by atoms with E-state index in [1.165, 1.54) is 0 Å². The summed E-state index contributed by atoms with van der Waals surface area (Å²) in [7, 11) is 0. The largest absolute Gasteiger partial charge is 0.493 e. The van der Waals surface area contributed by atoms with Gasteiger partial charge in [0.15, 0.2) is 0 Å². The molecule has 0 saturated carbocycles. The number of anilines is 1. The van der Waals surface area contributed by atoms with Crippen LogP contribution in [0.15, 0.2) is 36.5 Å². The predicted octanol–water partition coefficient (Wildman–Crippen LogP) is 3.93. The molecule has 1 aromatic carbocycles. The fraction of sp³-hybridized carbons (Fsp3) is 0.250. The number of halogens is 1. The summed E-state index contributed by atoms with van der Waals surface area (Å²) in [5.41, 5.74) is 2.40. The Balaban J connectivity index is 1.86. The zero-order valence-electron chi connectivity index (χ0n) is 11.3. The highest BCUT2D eigenvalue weighted by Gasteiger charge is 2.20. The number of nitrogens with zero attached hydrogens (tertiary/aromatic N) is 2. The molecule has 0 spiro atoms. The number of fused-ring (bicyclic) bond motifs is 1. The smallest absolute Gasteiger partial charge is 0.140 e. The highest BCUT2D eigenvalue weighted by Crippen LogP contribution is 2.35. The Labute approximate surface area is 128 Å². The summed E-state index contributed by atoms with van der Waals surface area (Å²) >= 11 is 6.03. The molecule has 1 atom stereocenters. The first-order chi connectivity index (χ1) is 10.3. The maximum absolute atomic E-state index is 8.78. The van der Waals surface area contributed by atoms with Crippen molar-refractivity contribution in [2.45, 2.75) is 18.9 Å². The fourth-order valence-electron chi connectivity index (χ4n) is 2.44. The van der Waals surface area contributed by atoms with Gasteiger partial charge in [0.05, 0.1) is 24.5 Å². The van der Waals surface area contributed by atoms with Gasteiger partial charge in [-0.2, -0.15) is 5.26 Å². The van der Waals surface area contributed by atoms with E-state index in [9.17, 15) is 0 Å². The van der Waals surface area contributed by atoms with Crippen LogP contribution >= 0.6 is 11.6 Å². The summed E-state index contributed by atoms with van der Waals surface area (Å²) in [4.78, 5) is 4.08. The maximum atomic E-state index is 8.78. The van der Waals surface area contributed by atoms with E-state index in [-0.39, 0.29) is 6.04 Å². The number of hydrogen-bond donors (Lipinski definition) is 1. The van der Waals surface area contributed by atoms with E-state index in [1.807, 2.05) is 30.3 Å². The van der Waals surface area contributed by atoms with Crippen molar-refractivity contribution in [2.24, 2.45) is 0 Å². The molecule has 21 heavy (non-hydrogen) atoms. The molecule has 1 unspecified atom stereocenters. The number of nitrogens with one attached hydrogen (secondary N) is 1. The lowest BCUT2D eigenvalue weighted by molar-refractivity contribution is 0.316. The van der Waals surface area contributed by atoms with E-state index >= 15 is 0 Å². The Morgan fingerprint density at radius 3 is 3.00 bits per heavy atom. The Morgan fingerprint density at radius 2 is 2.24 bits per heavy atom. The van der Waals surface area contributed by atoms with Gasteiger partial charge in [-0.15, -0.1) is 0 Å². The van der Waals surface area contributed by atoms with Gasteiger partial charge in [0.25, 0.3) is 0 Å². The summed E-state index contributed by atoms with van der Waals surface area (Å²) in [6.07, 6.45) is 3.61. The van der Waals surface area contributed by atoms with Crippen LogP contribution in [-0.2, 0) is 0 Å². The molecule has 2 heterocycles. The molecule has 1 aliphatic rings. The average molecular weight is 300 g/mol. The molecule has 0 bridgehead atoms. The van der Waals surface area contributed by atoms with E-state index < -0.39 is 0 Å². The highest BCUT2D eigenvalue weighted by atomic mass is 35.5.